The van der Waals surface area contributed by atoms with Gasteiger partial charge in [0.05, 0.1) is 26.1 Å². The Bertz CT molecular complexity index is 923. The maximum Gasteiger partial charge on any atom is 0.181 e. The maximum absolute atomic E-state index is 11.0. The van der Waals surface area contributed by atoms with Gasteiger partial charge in [0.25, 0.3) is 0 Å². The average molecular weight is 332 g/mol. The molecule has 0 spiro atoms. The highest BCUT2D eigenvalue weighted by atomic mass is 16.5. The van der Waals surface area contributed by atoms with Gasteiger partial charge in [-0.15, -0.1) is 0 Å². The highest BCUT2D eigenvalue weighted by Gasteiger charge is 2.14. The van der Waals surface area contributed by atoms with Crippen LogP contribution in [0.3, 0.4) is 0 Å². The molecule has 3 rings (SSSR count). The molecular formula is C19H16N4O2. The summed E-state index contributed by atoms with van der Waals surface area (Å²) in [6.45, 7) is 0.443. The van der Waals surface area contributed by atoms with E-state index in [-0.39, 0.29) is 0 Å². The fourth-order valence-corrected chi connectivity index (χ4v) is 2.48. The molecule has 0 aliphatic rings. The molecule has 0 aliphatic heterocycles. The quantitative estimate of drug-likeness (QED) is 0.647. The van der Waals surface area contributed by atoms with Crippen LogP contribution in [0.1, 0.15) is 16.8 Å². The largest absolute Gasteiger partial charge is 0.497 e. The summed E-state index contributed by atoms with van der Waals surface area (Å²) in [6, 6.07) is 16.8. The zero-order valence-electron chi connectivity index (χ0n) is 13.7. The average Bonchev–Trinajstić information content (AvgIpc) is 3.10. The lowest BCUT2D eigenvalue weighted by Crippen LogP contribution is -2.02. The summed E-state index contributed by atoms with van der Waals surface area (Å²) in [5, 5.41) is 13.4. The lowest BCUT2D eigenvalue weighted by atomic mass is 10.1. The molecule has 3 aromatic rings. The standard InChI is InChI=1S/C19H16N4O2/c1-25-17-8-6-15(7-9-17)19-21-18(22-23(19)11-3-10-20)16-5-2-4-14(12-16)13-24/h2,4-9,12-13H,3,11H2,1H3. The zero-order valence-corrected chi connectivity index (χ0v) is 13.7. The highest BCUT2D eigenvalue weighted by Crippen LogP contribution is 2.25. The molecule has 25 heavy (non-hydrogen) atoms. The molecule has 0 N–H and O–H groups in total. The summed E-state index contributed by atoms with van der Waals surface area (Å²) in [5.41, 5.74) is 2.20. The summed E-state index contributed by atoms with van der Waals surface area (Å²) >= 11 is 0. The number of hydrogen-bond acceptors (Lipinski definition) is 5. The van der Waals surface area contributed by atoms with Gasteiger partial charge in [-0.05, 0) is 30.3 Å². The fraction of sp³-hybridized carbons (Fsp3) is 0.158. The van der Waals surface area contributed by atoms with Crippen molar-refractivity contribution >= 4 is 6.29 Å². The number of rotatable bonds is 6. The smallest absolute Gasteiger partial charge is 0.181 e. The first-order chi connectivity index (χ1) is 12.2. The summed E-state index contributed by atoms with van der Waals surface area (Å²) < 4.78 is 6.90. The molecule has 1 aromatic heterocycles. The molecule has 0 amide bonds. The molecule has 0 unspecified atom stereocenters. The third-order valence-corrected chi connectivity index (χ3v) is 3.74. The molecule has 124 valence electrons. The van der Waals surface area contributed by atoms with Crippen LogP contribution in [0.15, 0.2) is 48.5 Å². The first-order valence-electron chi connectivity index (χ1n) is 7.77. The number of aryl methyl sites for hydroxylation is 1. The van der Waals surface area contributed by atoms with E-state index in [9.17, 15) is 4.79 Å². The van der Waals surface area contributed by atoms with Gasteiger partial charge in [0.2, 0.25) is 0 Å². The van der Waals surface area contributed by atoms with Crippen molar-refractivity contribution < 1.29 is 9.53 Å². The molecule has 0 aliphatic carbocycles. The van der Waals surface area contributed by atoms with Crippen LogP contribution in [-0.2, 0) is 6.54 Å². The van der Waals surface area contributed by atoms with Gasteiger partial charge in [0, 0.05) is 16.7 Å². The Labute approximate surface area is 145 Å². The molecule has 0 bridgehead atoms. The number of nitrogens with zero attached hydrogens (tertiary/aromatic N) is 4. The van der Waals surface area contributed by atoms with Crippen LogP contribution in [0.5, 0.6) is 5.75 Å². The van der Waals surface area contributed by atoms with E-state index < -0.39 is 0 Å². The van der Waals surface area contributed by atoms with E-state index in [1.165, 1.54) is 0 Å². The molecule has 0 saturated carbocycles. The SMILES string of the molecule is COc1ccc(-c2nc(-c3cccc(C=O)c3)nn2CCC#N)cc1. The van der Waals surface area contributed by atoms with Crippen molar-refractivity contribution in [2.24, 2.45) is 0 Å². The Morgan fingerprint density at radius 2 is 2.00 bits per heavy atom. The molecule has 0 fully saturated rings. The Balaban J connectivity index is 2.05. The number of ether oxygens (including phenoxy) is 1. The monoisotopic (exact) mass is 332 g/mol. The van der Waals surface area contributed by atoms with E-state index in [0.717, 1.165) is 23.2 Å². The van der Waals surface area contributed by atoms with Gasteiger partial charge < -0.3 is 4.74 Å². The predicted molar refractivity (Wildman–Crippen MR) is 93.1 cm³/mol. The number of aldehydes is 1. The Morgan fingerprint density at radius 1 is 1.20 bits per heavy atom. The van der Waals surface area contributed by atoms with Crippen LogP contribution >= 0.6 is 0 Å². The maximum atomic E-state index is 11.0. The Hall–Kier alpha value is -3.46. The number of benzene rings is 2. The van der Waals surface area contributed by atoms with Crippen LogP contribution in [0, 0.1) is 11.3 Å². The van der Waals surface area contributed by atoms with Crippen LogP contribution in [0.25, 0.3) is 22.8 Å². The molecule has 0 radical (unpaired) electrons. The van der Waals surface area contributed by atoms with Crippen molar-refractivity contribution in [1.29, 1.82) is 5.26 Å². The van der Waals surface area contributed by atoms with Crippen LogP contribution in [-0.4, -0.2) is 28.2 Å². The third-order valence-electron chi connectivity index (χ3n) is 3.74. The van der Waals surface area contributed by atoms with Gasteiger partial charge in [-0.25, -0.2) is 9.67 Å². The second kappa shape index (κ2) is 7.41. The van der Waals surface area contributed by atoms with Crippen molar-refractivity contribution in [2.75, 3.05) is 7.11 Å². The first kappa shape index (κ1) is 16.4. The van der Waals surface area contributed by atoms with Crippen LogP contribution in [0.2, 0.25) is 0 Å². The summed E-state index contributed by atoms with van der Waals surface area (Å²) in [7, 11) is 1.61. The number of carbonyl (C=O) groups excluding carboxylic acids is 1. The zero-order chi connectivity index (χ0) is 17.6. The Morgan fingerprint density at radius 3 is 2.68 bits per heavy atom. The van der Waals surface area contributed by atoms with E-state index in [2.05, 4.69) is 16.2 Å². The lowest BCUT2D eigenvalue weighted by molar-refractivity contribution is 0.112. The third kappa shape index (κ3) is 3.56. The molecule has 1 heterocycles. The van der Waals surface area contributed by atoms with E-state index in [1.807, 2.05) is 30.3 Å². The van der Waals surface area contributed by atoms with Crippen molar-refractivity contribution in [3.8, 4) is 34.6 Å². The molecule has 0 atom stereocenters. The van der Waals surface area contributed by atoms with Crippen LogP contribution < -0.4 is 4.74 Å². The van der Waals surface area contributed by atoms with Gasteiger partial charge in [0.15, 0.2) is 11.6 Å². The summed E-state index contributed by atoms with van der Waals surface area (Å²) in [4.78, 5) is 15.6. The molecule has 0 saturated heterocycles. The van der Waals surface area contributed by atoms with Gasteiger partial charge in [-0.2, -0.15) is 10.4 Å². The normalized spacial score (nSPS) is 10.2. The number of aromatic nitrogens is 3. The highest BCUT2D eigenvalue weighted by molar-refractivity contribution is 5.77. The Kier molecular flexibility index (Phi) is 4.86. The second-order valence-electron chi connectivity index (χ2n) is 5.36. The van der Waals surface area contributed by atoms with Gasteiger partial charge in [-0.3, -0.25) is 4.79 Å². The van der Waals surface area contributed by atoms with Gasteiger partial charge in [-0.1, -0.05) is 18.2 Å². The topological polar surface area (TPSA) is 80.8 Å². The van der Waals surface area contributed by atoms with Crippen molar-refractivity contribution in [2.45, 2.75) is 13.0 Å². The van der Waals surface area contributed by atoms with Gasteiger partial charge >= 0.3 is 0 Å². The van der Waals surface area contributed by atoms with E-state index in [4.69, 9.17) is 10.00 Å². The number of methoxy groups -OCH3 is 1. The van der Waals surface area contributed by atoms with Crippen LogP contribution in [0.4, 0.5) is 0 Å². The number of nitriles is 1. The molecule has 6 heteroatoms. The van der Waals surface area contributed by atoms with Gasteiger partial charge in [0.1, 0.15) is 12.0 Å². The fourth-order valence-electron chi connectivity index (χ4n) is 2.48. The first-order valence-corrected chi connectivity index (χ1v) is 7.77. The molecular weight excluding hydrogens is 316 g/mol. The lowest BCUT2D eigenvalue weighted by Gasteiger charge is -2.04. The second-order valence-corrected chi connectivity index (χ2v) is 5.36. The molecule has 6 nitrogen and oxygen atoms in total. The van der Waals surface area contributed by atoms with E-state index in [0.29, 0.717) is 30.2 Å². The predicted octanol–water partition coefficient (Wildman–Crippen LogP) is 3.35. The summed E-state index contributed by atoms with van der Waals surface area (Å²) in [5.74, 6) is 1.95. The van der Waals surface area contributed by atoms with Crippen molar-refractivity contribution in [1.82, 2.24) is 14.8 Å². The van der Waals surface area contributed by atoms with E-state index >= 15 is 0 Å². The minimum Gasteiger partial charge on any atom is -0.497 e. The minimum absolute atomic E-state index is 0.334. The molecule has 2 aromatic carbocycles. The van der Waals surface area contributed by atoms with Crippen molar-refractivity contribution in [3.63, 3.8) is 0 Å². The van der Waals surface area contributed by atoms with Crippen molar-refractivity contribution in [3.05, 3.63) is 54.1 Å². The number of carbonyl (C=O) groups is 1. The number of hydrogen-bond donors (Lipinski definition) is 0. The summed E-state index contributed by atoms with van der Waals surface area (Å²) in [6.07, 6.45) is 1.13. The van der Waals surface area contributed by atoms with E-state index in [1.54, 1.807) is 30.0 Å². The minimum atomic E-state index is 0.334.